The van der Waals surface area contributed by atoms with E-state index in [9.17, 15) is 8.42 Å². The fourth-order valence-electron chi connectivity index (χ4n) is 2.27. The Hall–Kier alpha value is -0.910. The lowest BCUT2D eigenvalue weighted by Gasteiger charge is -2.15. The first-order valence-electron chi connectivity index (χ1n) is 7.19. The summed E-state index contributed by atoms with van der Waals surface area (Å²) in [6, 6.07) is 7.30. The maximum atomic E-state index is 12.2. The summed E-state index contributed by atoms with van der Waals surface area (Å²) in [6.45, 7) is 4.72. The van der Waals surface area contributed by atoms with Crippen LogP contribution >= 0.6 is 0 Å². The molecule has 1 saturated carbocycles. The molecule has 5 heteroatoms. The molecule has 1 aromatic carbocycles. The number of nitrogens with one attached hydrogen (secondary N) is 2. The van der Waals surface area contributed by atoms with Crippen molar-refractivity contribution in [3.05, 3.63) is 29.8 Å². The Kier molecular flexibility index (Phi) is 4.52. The van der Waals surface area contributed by atoms with Gasteiger partial charge < -0.3 is 5.32 Å². The first-order valence-corrected chi connectivity index (χ1v) is 8.68. The van der Waals surface area contributed by atoms with Crippen molar-refractivity contribution < 1.29 is 8.42 Å². The summed E-state index contributed by atoms with van der Waals surface area (Å²) >= 11 is 0. The fraction of sp³-hybridized carbons (Fsp3) is 0.600. The average molecular weight is 296 g/mol. The minimum Gasteiger partial charge on any atom is -0.313 e. The van der Waals surface area contributed by atoms with E-state index < -0.39 is 10.0 Å². The zero-order valence-electron chi connectivity index (χ0n) is 12.4. The van der Waals surface area contributed by atoms with E-state index in [1.807, 2.05) is 26.1 Å². The third-order valence-corrected chi connectivity index (χ3v) is 5.88. The molecule has 4 nitrogen and oxygen atoms in total. The van der Waals surface area contributed by atoms with Crippen molar-refractivity contribution in [3.63, 3.8) is 0 Å². The largest absolute Gasteiger partial charge is 0.313 e. The van der Waals surface area contributed by atoms with E-state index in [4.69, 9.17) is 0 Å². The van der Waals surface area contributed by atoms with Gasteiger partial charge in [0.2, 0.25) is 10.0 Å². The van der Waals surface area contributed by atoms with E-state index in [1.165, 1.54) is 0 Å². The van der Waals surface area contributed by atoms with Gasteiger partial charge in [-0.05, 0) is 56.3 Å². The van der Waals surface area contributed by atoms with Gasteiger partial charge >= 0.3 is 0 Å². The van der Waals surface area contributed by atoms with E-state index in [1.54, 1.807) is 12.1 Å². The van der Waals surface area contributed by atoms with Crippen LogP contribution in [0.15, 0.2) is 29.2 Å². The maximum Gasteiger partial charge on any atom is 0.240 e. The molecule has 1 aromatic rings. The topological polar surface area (TPSA) is 58.2 Å². The second-order valence-corrected chi connectivity index (χ2v) is 7.52. The molecule has 112 valence electrons. The van der Waals surface area contributed by atoms with E-state index in [2.05, 4.69) is 17.0 Å². The van der Waals surface area contributed by atoms with Gasteiger partial charge in [0.15, 0.2) is 0 Å². The molecule has 1 unspecified atom stereocenters. The first-order chi connectivity index (χ1) is 9.42. The van der Waals surface area contributed by atoms with Crippen LogP contribution in [0.5, 0.6) is 0 Å². The molecule has 2 N–H and O–H groups in total. The molecule has 0 bridgehead atoms. The van der Waals surface area contributed by atoms with Gasteiger partial charge in [0, 0.05) is 12.6 Å². The number of benzene rings is 1. The van der Waals surface area contributed by atoms with Crippen molar-refractivity contribution in [2.24, 2.45) is 5.41 Å². The van der Waals surface area contributed by atoms with Crippen molar-refractivity contribution in [1.82, 2.24) is 10.0 Å². The van der Waals surface area contributed by atoms with Gasteiger partial charge in [0.1, 0.15) is 0 Å². The third-order valence-electron chi connectivity index (χ3n) is 4.47. The Labute approximate surface area is 122 Å². The highest BCUT2D eigenvalue weighted by Crippen LogP contribution is 2.48. The summed E-state index contributed by atoms with van der Waals surface area (Å²) < 4.78 is 27.2. The minimum absolute atomic E-state index is 0.216. The van der Waals surface area contributed by atoms with Crippen molar-refractivity contribution in [2.45, 2.75) is 44.0 Å². The highest BCUT2D eigenvalue weighted by atomic mass is 32.2. The predicted octanol–water partition coefficient (Wildman–Crippen LogP) is 2.44. The van der Waals surface area contributed by atoms with Crippen molar-refractivity contribution in [2.75, 3.05) is 13.6 Å². The minimum atomic E-state index is -3.38. The van der Waals surface area contributed by atoms with E-state index >= 15 is 0 Å². The fourth-order valence-corrected chi connectivity index (χ4v) is 3.42. The molecule has 2 rings (SSSR count). The summed E-state index contributed by atoms with van der Waals surface area (Å²) in [6.07, 6.45) is 3.30. The Morgan fingerprint density at radius 1 is 1.25 bits per heavy atom. The zero-order valence-corrected chi connectivity index (χ0v) is 13.3. The third kappa shape index (κ3) is 3.40. The molecule has 1 atom stereocenters. The van der Waals surface area contributed by atoms with Gasteiger partial charge in [-0.3, -0.25) is 0 Å². The molecule has 0 aromatic heterocycles. The molecule has 0 heterocycles. The Morgan fingerprint density at radius 2 is 1.85 bits per heavy atom. The molecular weight excluding hydrogens is 272 g/mol. The average Bonchev–Trinajstić information content (AvgIpc) is 3.25. The number of hydrogen-bond donors (Lipinski definition) is 2. The van der Waals surface area contributed by atoms with Crippen LogP contribution < -0.4 is 10.0 Å². The summed E-state index contributed by atoms with van der Waals surface area (Å²) in [5.41, 5.74) is 1.30. The summed E-state index contributed by atoms with van der Waals surface area (Å²) in [5, 5.41) is 3.14. The zero-order chi connectivity index (χ0) is 14.8. The standard InChI is InChI=1S/C15H24N2O2S/c1-4-15(9-10-15)11-17-20(18,19)14-7-5-13(6-8-14)12(2)16-3/h5-8,12,16-17H,4,9-11H2,1-3H3. The Morgan fingerprint density at radius 3 is 2.30 bits per heavy atom. The molecule has 1 aliphatic carbocycles. The van der Waals surface area contributed by atoms with Crippen LogP contribution in [0.3, 0.4) is 0 Å². The quantitative estimate of drug-likeness (QED) is 0.812. The van der Waals surface area contributed by atoms with Gasteiger partial charge in [0.05, 0.1) is 4.90 Å². The highest BCUT2D eigenvalue weighted by molar-refractivity contribution is 7.89. The monoisotopic (exact) mass is 296 g/mol. The molecule has 0 aliphatic heterocycles. The van der Waals surface area contributed by atoms with Gasteiger partial charge in [-0.1, -0.05) is 19.1 Å². The number of hydrogen-bond acceptors (Lipinski definition) is 3. The molecule has 1 aliphatic rings. The molecule has 0 saturated heterocycles. The Bertz CT molecular complexity index is 548. The van der Waals surface area contributed by atoms with E-state index in [0.29, 0.717) is 11.4 Å². The molecule has 0 amide bonds. The van der Waals surface area contributed by atoms with Crippen LogP contribution in [0.4, 0.5) is 0 Å². The molecule has 20 heavy (non-hydrogen) atoms. The van der Waals surface area contributed by atoms with E-state index in [-0.39, 0.29) is 11.5 Å². The molecule has 0 spiro atoms. The molecule has 1 fully saturated rings. The van der Waals surface area contributed by atoms with Crippen LogP contribution in [0.1, 0.15) is 44.7 Å². The van der Waals surface area contributed by atoms with Gasteiger partial charge in [-0.25, -0.2) is 13.1 Å². The van der Waals surface area contributed by atoms with Crippen molar-refractivity contribution in [3.8, 4) is 0 Å². The SMILES string of the molecule is CCC1(CNS(=O)(=O)c2ccc(C(C)NC)cc2)CC1. The summed E-state index contributed by atoms with van der Waals surface area (Å²) in [7, 11) is -1.50. The van der Waals surface area contributed by atoms with Gasteiger partial charge in [0.25, 0.3) is 0 Å². The normalized spacial score (nSPS) is 18.8. The van der Waals surface area contributed by atoms with Gasteiger partial charge in [-0.2, -0.15) is 0 Å². The maximum absolute atomic E-state index is 12.2. The second kappa shape index (κ2) is 5.84. The van der Waals surface area contributed by atoms with E-state index in [0.717, 1.165) is 24.8 Å². The van der Waals surface area contributed by atoms with Crippen molar-refractivity contribution >= 4 is 10.0 Å². The Balaban J connectivity index is 2.05. The van der Waals surface area contributed by atoms with Gasteiger partial charge in [-0.15, -0.1) is 0 Å². The highest BCUT2D eigenvalue weighted by Gasteiger charge is 2.41. The smallest absolute Gasteiger partial charge is 0.240 e. The van der Waals surface area contributed by atoms with Crippen molar-refractivity contribution in [1.29, 1.82) is 0 Å². The van der Waals surface area contributed by atoms with Crippen LogP contribution in [0.2, 0.25) is 0 Å². The number of rotatable bonds is 7. The molecule has 0 radical (unpaired) electrons. The van der Waals surface area contributed by atoms with Crippen LogP contribution in [0.25, 0.3) is 0 Å². The first kappa shape index (κ1) is 15.5. The predicted molar refractivity (Wildman–Crippen MR) is 81.1 cm³/mol. The number of sulfonamides is 1. The lowest BCUT2D eigenvalue weighted by molar-refractivity contribution is 0.475. The summed E-state index contributed by atoms with van der Waals surface area (Å²) in [5.74, 6) is 0. The lowest BCUT2D eigenvalue weighted by atomic mass is 10.1. The van der Waals surface area contributed by atoms with Crippen LogP contribution in [-0.2, 0) is 10.0 Å². The molecular formula is C15H24N2O2S. The second-order valence-electron chi connectivity index (χ2n) is 5.76. The lowest BCUT2D eigenvalue weighted by Crippen LogP contribution is -2.30. The van der Waals surface area contributed by atoms with Crippen LogP contribution in [0, 0.1) is 5.41 Å². The van der Waals surface area contributed by atoms with Crippen LogP contribution in [-0.4, -0.2) is 22.0 Å². The summed E-state index contributed by atoms with van der Waals surface area (Å²) in [4.78, 5) is 0.344.